The van der Waals surface area contributed by atoms with Gasteiger partial charge in [0.2, 0.25) is 11.3 Å². The minimum atomic E-state index is -1.33. The van der Waals surface area contributed by atoms with E-state index in [4.69, 9.17) is 32.4 Å². The summed E-state index contributed by atoms with van der Waals surface area (Å²) in [6.07, 6.45) is 6.20. The van der Waals surface area contributed by atoms with Gasteiger partial charge in [0.15, 0.2) is 5.43 Å². The van der Waals surface area contributed by atoms with Crippen molar-refractivity contribution >= 4 is 69.2 Å². The van der Waals surface area contributed by atoms with E-state index in [2.05, 4.69) is 45.2 Å². The topological polar surface area (TPSA) is 199 Å². The van der Waals surface area contributed by atoms with Crippen LogP contribution in [0.3, 0.4) is 0 Å². The van der Waals surface area contributed by atoms with Gasteiger partial charge in [-0.25, -0.2) is 14.2 Å². The number of carbonyl (C=O) groups excluding carboxylic acids is 2. The van der Waals surface area contributed by atoms with Crippen molar-refractivity contribution in [2.75, 3.05) is 37.6 Å². The number of rotatable bonds is 11. The van der Waals surface area contributed by atoms with Gasteiger partial charge in [0.05, 0.1) is 38.8 Å². The number of fused-ring (bicyclic) bond motifs is 6. The maximum absolute atomic E-state index is 14.2. The largest absolute Gasteiger partial charge is 0.508 e. The van der Waals surface area contributed by atoms with E-state index >= 15 is 0 Å². The number of carboxylic acids is 2. The Labute approximate surface area is 421 Å². The van der Waals surface area contributed by atoms with E-state index in [9.17, 15) is 39.3 Å². The summed E-state index contributed by atoms with van der Waals surface area (Å²) in [7, 11) is 0. The Morgan fingerprint density at radius 1 is 0.792 bits per heavy atom. The number of hydrogen-bond donors (Lipinski definition) is 5. The fourth-order valence-electron chi connectivity index (χ4n) is 11.1. The van der Waals surface area contributed by atoms with Crippen molar-refractivity contribution in [2.24, 2.45) is 0 Å². The summed E-state index contributed by atoms with van der Waals surface area (Å²) in [5.74, 6) is -2.65. The van der Waals surface area contributed by atoms with Crippen LogP contribution >= 0.6 is 23.2 Å². The van der Waals surface area contributed by atoms with Gasteiger partial charge in [-0.05, 0) is 97.3 Å². The molecule has 0 fully saturated rings. The van der Waals surface area contributed by atoms with Crippen LogP contribution in [0.25, 0.3) is 39.0 Å². The van der Waals surface area contributed by atoms with E-state index in [1.165, 1.54) is 41.8 Å². The third kappa shape index (κ3) is 8.08. The molecule has 5 heterocycles. The zero-order valence-electron chi connectivity index (χ0n) is 39.0. The average Bonchev–Trinajstić information content (AvgIpc) is 3.36. The molecule has 0 unspecified atom stereocenters. The maximum atomic E-state index is 14.2. The number of benzene rings is 6. The van der Waals surface area contributed by atoms with Crippen molar-refractivity contribution in [2.45, 2.75) is 58.4 Å². The zero-order valence-corrected chi connectivity index (χ0v) is 40.6. The van der Waals surface area contributed by atoms with Crippen LogP contribution in [-0.4, -0.2) is 71.8 Å². The highest BCUT2D eigenvalue weighted by Gasteiger charge is 2.36. The Morgan fingerprint density at radius 2 is 1.58 bits per heavy atom. The number of aromatic carboxylic acids is 2. The van der Waals surface area contributed by atoms with E-state index in [1.807, 2.05) is 0 Å². The van der Waals surface area contributed by atoms with Crippen molar-refractivity contribution in [3.05, 3.63) is 160 Å². The first-order valence-electron chi connectivity index (χ1n) is 24.1. The molecule has 2 amide bonds. The minimum Gasteiger partial charge on any atom is -0.508 e. The predicted octanol–water partition coefficient (Wildman–Crippen LogP) is 7.92. The molecule has 0 spiro atoms. The number of anilines is 1. The predicted molar refractivity (Wildman–Crippen MR) is 273 cm³/mol. The lowest BCUT2D eigenvalue weighted by atomic mass is 9.84. The molecule has 5 aromatic rings. The summed E-state index contributed by atoms with van der Waals surface area (Å²) in [6.45, 7) is 5.16. The molecule has 5 aromatic carbocycles. The van der Waals surface area contributed by atoms with Crippen molar-refractivity contribution in [1.29, 1.82) is 0 Å². The third-order valence-corrected chi connectivity index (χ3v) is 14.9. The van der Waals surface area contributed by atoms with Crippen molar-refractivity contribution in [3.8, 4) is 39.7 Å². The van der Waals surface area contributed by atoms with Crippen molar-refractivity contribution in [3.63, 3.8) is 0 Å². The van der Waals surface area contributed by atoms with Gasteiger partial charge in [0.25, 0.3) is 5.91 Å². The van der Waals surface area contributed by atoms with E-state index in [0.29, 0.717) is 55.5 Å². The second kappa shape index (κ2) is 18.5. The molecule has 0 saturated carbocycles. The first kappa shape index (κ1) is 46.7. The second-order valence-electron chi connectivity index (χ2n) is 18.7. The number of hydrogen-bond acceptors (Lipinski definition) is 9. The van der Waals surface area contributed by atoms with Crippen LogP contribution in [0.5, 0.6) is 17.2 Å². The summed E-state index contributed by atoms with van der Waals surface area (Å²) < 4.78 is 15.3. The molecular weight excluding hydrogens is 960 g/mol. The smallest absolute Gasteiger partial charge is 0.337 e. The fourth-order valence-corrected chi connectivity index (χ4v) is 11.7. The van der Waals surface area contributed by atoms with E-state index in [-0.39, 0.29) is 61.4 Å². The number of halogens is 2. The second-order valence-corrected chi connectivity index (χ2v) is 19.5. The van der Waals surface area contributed by atoms with Crippen LogP contribution in [0, 0.1) is 0 Å². The van der Waals surface area contributed by atoms with Gasteiger partial charge < -0.3 is 40.0 Å². The Morgan fingerprint density at radius 3 is 2.38 bits per heavy atom. The van der Waals surface area contributed by atoms with Gasteiger partial charge >= 0.3 is 11.9 Å². The maximum Gasteiger partial charge on any atom is 0.337 e. The standard InChI is InChI=1S/C56H46Cl2N4O10/c1-2-15-61-16-3-6-29-20-38-45(25-42(29)61)72-53-36-8-5-18-62-17-4-7-30(52(36)62)21-39(53)48(38)50-49(56(69)70)41(57)24-40(51(50)58)54(66)60-27-46(65)59-26-28-9-12-33(37(19-28)55(67)68)47-34-13-10-31(63)22-43(34)71-44-23-32(64)11-14-35(44)47/h9-14,19-25H,2-8,15-18,26-27H2,1H3,(H4-,59,60,63,64,65,66,67,68,69,70)/p+1. The van der Waals surface area contributed by atoms with Crippen LogP contribution < -0.4 is 40.9 Å². The molecule has 0 saturated heterocycles. The summed E-state index contributed by atoms with van der Waals surface area (Å²) in [5, 5.41) is 38.9. The first-order valence-corrected chi connectivity index (χ1v) is 24.8. The van der Waals surface area contributed by atoms with Gasteiger partial charge in [-0.3, -0.25) is 14.4 Å². The summed E-state index contributed by atoms with van der Waals surface area (Å²) in [6, 6.07) is 20.7. The fraction of sp³-hybridized carbons (Fsp3) is 0.250. The van der Waals surface area contributed by atoms with Gasteiger partial charge in [0, 0.05) is 100 Å². The summed E-state index contributed by atoms with van der Waals surface area (Å²) >= 11 is 14.2. The zero-order chi connectivity index (χ0) is 50.1. The van der Waals surface area contributed by atoms with Crippen molar-refractivity contribution in [1.82, 2.24) is 15.2 Å². The van der Waals surface area contributed by atoms with Gasteiger partial charge in [-0.1, -0.05) is 42.3 Å². The molecule has 0 bridgehead atoms. The molecule has 11 rings (SSSR count). The SMILES string of the molecule is CCCN1CCCc2cc3c(cc21)Oc1c2c4c(cc1=C3c1c(Cl)c(C(=O)NCC(=O)NCc3ccc(-c5c6ccc(=O)cc-6oc6cc(O)ccc56)c(C(=O)O)c3)cc(Cl)c1C(=O)O)CCC[N+]=4CCC2. The highest BCUT2D eigenvalue weighted by molar-refractivity contribution is 6.40. The molecule has 5 aliphatic heterocycles. The lowest BCUT2D eigenvalue weighted by Gasteiger charge is -2.34. The lowest BCUT2D eigenvalue weighted by Crippen LogP contribution is -2.45. The number of aryl methyl sites for hydroxylation is 2. The highest BCUT2D eigenvalue weighted by Crippen LogP contribution is 2.47. The molecule has 6 aliphatic rings. The molecule has 16 heteroatoms. The number of nitrogens with zero attached hydrogens (tertiary/aromatic N) is 2. The van der Waals surface area contributed by atoms with E-state index in [1.54, 1.807) is 24.3 Å². The van der Waals surface area contributed by atoms with Gasteiger partial charge in [-0.2, -0.15) is 0 Å². The number of amides is 2. The van der Waals surface area contributed by atoms with Crippen LogP contribution in [0.2, 0.25) is 10.0 Å². The van der Waals surface area contributed by atoms with Crippen molar-refractivity contribution < 1.29 is 43.7 Å². The number of nitrogens with one attached hydrogen (secondary N) is 2. The number of carboxylic acid groups (broad SMARTS) is 2. The van der Waals surface area contributed by atoms with Crippen LogP contribution in [-0.2, 0) is 30.6 Å². The molecule has 0 radical (unpaired) electrons. The summed E-state index contributed by atoms with van der Waals surface area (Å²) in [4.78, 5) is 68.4. The Balaban J connectivity index is 0.925. The van der Waals surface area contributed by atoms with Gasteiger partial charge in [-0.15, -0.1) is 0 Å². The number of carbonyl (C=O) groups is 4. The highest BCUT2D eigenvalue weighted by atomic mass is 35.5. The lowest BCUT2D eigenvalue weighted by molar-refractivity contribution is -0.120. The molecular formula is C56H47Cl2N4O10+. The normalized spacial score (nSPS) is 14.5. The van der Waals surface area contributed by atoms with Crippen LogP contribution in [0.4, 0.5) is 5.69 Å². The molecule has 5 N–H and O–H groups in total. The number of ether oxygens (including phenoxy) is 1. The Hall–Kier alpha value is -7.68. The Bertz CT molecular complexity index is 3690. The summed E-state index contributed by atoms with van der Waals surface area (Å²) in [5.41, 5.74) is 6.72. The number of aromatic hydroxyl groups is 1. The molecule has 364 valence electrons. The minimum absolute atomic E-state index is 0.0748. The Kier molecular flexibility index (Phi) is 12.0. The third-order valence-electron chi connectivity index (χ3n) is 14.2. The average molecular weight is 1010 g/mol. The molecule has 14 nitrogen and oxygen atoms in total. The van der Waals surface area contributed by atoms with Crippen LogP contribution in [0.15, 0.2) is 88.1 Å². The quantitative estimate of drug-likeness (QED) is 0.0623. The van der Waals surface area contributed by atoms with E-state index in [0.717, 1.165) is 93.5 Å². The number of phenols is 1. The molecule has 1 aliphatic carbocycles. The first-order chi connectivity index (χ1) is 34.8. The molecule has 0 aromatic heterocycles. The molecule has 72 heavy (non-hydrogen) atoms. The molecule has 0 atom stereocenters. The van der Waals surface area contributed by atoms with Crippen LogP contribution in [0.1, 0.15) is 97.1 Å². The van der Waals surface area contributed by atoms with Gasteiger partial charge in [0.1, 0.15) is 41.7 Å². The monoisotopic (exact) mass is 1010 g/mol. The van der Waals surface area contributed by atoms with E-state index < -0.39 is 30.3 Å². The number of phenolic OH excluding ortho intramolecular Hbond substituents is 1.